The summed E-state index contributed by atoms with van der Waals surface area (Å²) in [6, 6.07) is 0.914. The van der Waals surface area contributed by atoms with Crippen molar-refractivity contribution in [3.8, 4) is 0 Å². The van der Waals surface area contributed by atoms with Gasteiger partial charge in [0.1, 0.15) is 17.9 Å². The van der Waals surface area contributed by atoms with Crippen molar-refractivity contribution in [3.05, 3.63) is 34.2 Å². The molecule has 3 heterocycles. The van der Waals surface area contributed by atoms with Crippen LogP contribution in [0.5, 0.6) is 0 Å². The summed E-state index contributed by atoms with van der Waals surface area (Å²) in [5.41, 5.74) is -1.18. The number of amides is 2. The van der Waals surface area contributed by atoms with Crippen molar-refractivity contribution in [2.45, 2.75) is 50.0 Å². The van der Waals surface area contributed by atoms with Gasteiger partial charge in [0.05, 0.1) is 5.56 Å². The lowest BCUT2D eigenvalue weighted by Crippen LogP contribution is -2.58. The highest BCUT2D eigenvalue weighted by atomic mass is 35.5. The third-order valence-electron chi connectivity index (χ3n) is 6.28. The van der Waals surface area contributed by atoms with Crippen molar-refractivity contribution < 1.29 is 27.2 Å². The molecule has 0 radical (unpaired) electrons. The van der Waals surface area contributed by atoms with Crippen molar-refractivity contribution in [1.29, 1.82) is 0 Å². The highest BCUT2D eigenvalue weighted by Gasteiger charge is 2.41. The summed E-state index contributed by atoms with van der Waals surface area (Å²) >= 11 is 6.30. The molecule has 2 aromatic heterocycles. The Labute approximate surface area is 179 Å². The average molecular weight is 459 g/mol. The van der Waals surface area contributed by atoms with Gasteiger partial charge in [-0.15, -0.1) is 0 Å². The van der Waals surface area contributed by atoms with Gasteiger partial charge >= 0.3 is 6.18 Å². The molecule has 11 heteroatoms. The molecule has 1 aliphatic heterocycles. The zero-order valence-electron chi connectivity index (χ0n) is 16.3. The van der Waals surface area contributed by atoms with Crippen molar-refractivity contribution in [2.75, 3.05) is 19.6 Å². The van der Waals surface area contributed by atoms with Gasteiger partial charge in [-0.1, -0.05) is 11.6 Å². The number of hydrogen-bond donors (Lipinski definition) is 0. The molecular weight excluding hydrogens is 440 g/mol. The summed E-state index contributed by atoms with van der Waals surface area (Å²) in [5, 5.41) is -0.206. The molecule has 2 saturated carbocycles. The van der Waals surface area contributed by atoms with Gasteiger partial charge in [-0.05, 0) is 43.2 Å². The second-order valence-electron chi connectivity index (χ2n) is 8.44. The van der Waals surface area contributed by atoms with Crippen molar-refractivity contribution in [3.63, 3.8) is 0 Å². The lowest BCUT2D eigenvalue weighted by atomic mass is 9.89. The van der Waals surface area contributed by atoms with Gasteiger partial charge in [-0.25, -0.2) is 9.37 Å². The molecule has 0 atom stereocenters. The van der Waals surface area contributed by atoms with E-state index in [-0.39, 0.29) is 48.3 Å². The minimum absolute atomic E-state index is 0.0456. The molecule has 0 N–H and O–H groups in total. The standard InChI is InChI=1S/C20H19ClF4N4O2/c21-17-16(19(31)27-3-4-28(15(30)9-27)13-6-12(22)7-13)26-18-14(20(23,24)25)5-11(8-29(17)18)10-1-2-10/h5,8,10,12-13H,1-4,6-7,9H2. The van der Waals surface area contributed by atoms with E-state index in [1.165, 1.54) is 11.1 Å². The monoisotopic (exact) mass is 458 g/mol. The number of pyridine rings is 1. The molecule has 2 aromatic rings. The number of fused-ring (bicyclic) bond motifs is 1. The third kappa shape index (κ3) is 3.54. The average Bonchev–Trinajstić information content (AvgIpc) is 3.48. The van der Waals surface area contributed by atoms with Crippen LogP contribution in [0.2, 0.25) is 5.15 Å². The van der Waals surface area contributed by atoms with E-state index in [1.54, 1.807) is 4.90 Å². The number of halogens is 5. The number of imidazole rings is 1. The maximum atomic E-state index is 13.6. The van der Waals surface area contributed by atoms with Crippen molar-refractivity contribution >= 4 is 29.1 Å². The van der Waals surface area contributed by atoms with E-state index in [9.17, 15) is 27.2 Å². The minimum Gasteiger partial charge on any atom is -0.336 e. The molecule has 3 fully saturated rings. The highest BCUT2D eigenvalue weighted by molar-refractivity contribution is 6.33. The summed E-state index contributed by atoms with van der Waals surface area (Å²) in [4.78, 5) is 32.2. The first-order chi connectivity index (χ1) is 14.6. The molecule has 6 nitrogen and oxygen atoms in total. The number of hydrogen-bond acceptors (Lipinski definition) is 3. The van der Waals surface area contributed by atoms with Gasteiger partial charge in [0, 0.05) is 25.3 Å². The van der Waals surface area contributed by atoms with Crippen LogP contribution in [0, 0.1) is 0 Å². The number of alkyl halides is 4. The van der Waals surface area contributed by atoms with Crippen LogP contribution in [0.4, 0.5) is 17.6 Å². The lowest BCUT2D eigenvalue weighted by Gasteiger charge is -2.43. The number of rotatable bonds is 3. The SMILES string of the molecule is O=C(c1nc2c(C(F)(F)F)cc(C3CC3)cn2c1Cl)N1CCN(C2CC(F)C2)C(=O)C1. The van der Waals surface area contributed by atoms with E-state index >= 15 is 0 Å². The predicted molar refractivity (Wildman–Crippen MR) is 103 cm³/mol. The first-order valence-electron chi connectivity index (χ1n) is 10.1. The molecule has 0 spiro atoms. The number of piperazine rings is 1. The second-order valence-corrected chi connectivity index (χ2v) is 8.80. The molecule has 0 aromatic carbocycles. The molecule has 0 unspecified atom stereocenters. The Morgan fingerprint density at radius 1 is 1.19 bits per heavy atom. The molecular formula is C20H19ClF4N4O2. The Hall–Kier alpha value is -2.36. The van der Waals surface area contributed by atoms with Crippen molar-refractivity contribution in [1.82, 2.24) is 19.2 Å². The van der Waals surface area contributed by atoms with Crippen molar-refractivity contribution in [2.24, 2.45) is 0 Å². The van der Waals surface area contributed by atoms with E-state index in [4.69, 9.17) is 11.6 Å². The number of carbonyl (C=O) groups is 2. The summed E-state index contributed by atoms with van der Waals surface area (Å²) in [5.74, 6) is -0.965. The maximum Gasteiger partial charge on any atom is 0.419 e. The van der Waals surface area contributed by atoms with Crippen LogP contribution in [-0.4, -0.2) is 62.8 Å². The van der Waals surface area contributed by atoms with E-state index in [0.717, 1.165) is 23.3 Å². The molecule has 0 bridgehead atoms. The van der Waals surface area contributed by atoms with Crippen LogP contribution in [0.3, 0.4) is 0 Å². The number of aromatic nitrogens is 2. The molecule has 2 aliphatic carbocycles. The summed E-state index contributed by atoms with van der Waals surface area (Å²) in [6.45, 7) is 0.185. The fourth-order valence-electron chi connectivity index (χ4n) is 4.29. The van der Waals surface area contributed by atoms with E-state index in [1.807, 2.05) is 0 Å². The van der Waals surface area contributed by atoms with Gasteiger partial charge in [0.2, 0.25) is 5.91 Å². The Morgan fingerprint density at radius 3 is 2.48 bits per heavy atom. The van der Waals surface area contributed by atoms with Crippen LogP contribution in [0.15, 0.2) is 12.3 Å². The number of nitrogens with zero attached hydrogens (tertiary/aromatic N) is 4. The third-order valence-corrected chi connectivity index (χ3v) is 6.64. The van der Waals surface area contributed by atoms with Crippen LogP contribution < -0.4 is 0 Å². The topological polar surface area (TPSA) is 57.9 Å². The van der Waals surface area contributed by atoms with E-state index in [0.29, 0.717) is 18.4 Å². The summed E-state index contributed by atoms with van der Waals surface area (Å²) in [6.07, 6.45) is -1.86. The van der Waals surface area contributed by atoms with Crippen LogP contribution in [-0.2, 0) is 11.0 Å². The molecule has 2 amide bonds. The van der Waals surface area contributed by atoms with E-state index < -0.39 is 29.5 Å². The minimum atomic E-state index is -4.65. The number of carbonyl (C=O) groups excluding carboxylic acids is 2. The maximum absolute atomic E-state index is 13.6. The fourth-order valence-corrected chi connectivity index (χ4v) is 4.55. The zero-order chi connectivity index (χ0) is 22.1. The van der Waals surface area contributed by atoms with E-state index in [2.05, 4.69) is 4.98 Å². The zero-order valence-corrected chi connectivity index (χ0v) is 17.1. The second kappa shape index (κ2) is 7.08. The Balaban J connectivity index is 1.44. The molecule has 3 aliphatic rings. The first-order valence-corrected chi connectivity index (χ1v) is 10.5. The first kappa shape index (κ1) is 20.5. The Morgan fingerprint density at radius 2 is 1.90 bits per heavy atom. The van der Waals surface area contributed by atoms with Gasteiger partial charge in [0.15, 0.2) is 11.3 Å². The van der Waals surface area contributed by atoms with Crippen LogP contribution in [0.1, 0.15) is 53.2 Å². The normalized spacial score (nSPS) is 24.6. The van der Waals surface area contributed by atoms with Gasteiger partial charge in [0.25, 0.3) is 5.91 Å². The smallest absolute Gasteiger partial charge is 0.336 e. The van der Waals surface area contributed by atoms with Crippen LogP contribution >= 0.6 is 11.6 Å². The predicted octanol–water partition coefficient (Wildman–Crippen LogP) is 3.67. The molecule has 31 heavy (non-hydrogen) atoms. The Kier molecular flexibility index (Phi) is 4.69. The lowest BCUT2D eigenvalue weighted by molar-refractivity contribution is -0.141. The largest absolute Gasteiger partial charge is 0.419 e. The molecule has 5 rings (SSSR count). The van der Waals surface area contributed by atoms with Gasteiger partial charge in [-0.3, -0.25) is 14.0 Å². The Bertz CT molecular complexity index is 1080. The van der Waals surface area contributed by atoms with Crippen LogP contribution in [0.25, 0.3) is 5.65 Å². The highest BCUT2D eigenvalue weighted by Crippen LogP contribution is 2.43. The quantitative estimate of drug-likeness (QED) is 0.659. The molecule has 166 valence electrons. The fraction of sp³-hybridized carbons (Fsp3) is 0.550. The summed E-state index contributed by atoms with van der Waals surface area (Å²) in [7, 11) is 0. The van der Waals surface area contributed by atoms with Gasteiger partial charge < -0.3 is 9.80 Å². The molecule has 1 saturated heterocycles. The van der Waals surface area contributed by atoms with Gasteiger partial charge in [-0.2, -0.15) is 13.2 Å². The summed E-state index contributed by atoms with van der Waals surface area (Å²) < 4.78 is 55.2.